The zero-order chi connectivity index (χ0) is 27.5. The number of hydrogen-bond acceptors (Lipinski definition) is 2. The maximum absolute atomic E-state index is 10.7. The van der Waals surface area contributed by atoms with Gasteiger partial charge in [0, 0.05) is 41.7 Å². The van der Waals surface area contributed by atoms with Gasteiger partial charge in [0.2, 0.25) is 0 Å². The molecule has 0 N–H and O–H groups in total. The van der Waals surface area contributed by atoms with E-state index in [0.29, 0.717) is 0 Å². The molecule has 0 aromatic heterocycles. The molecule has 0 bridgehead atoms. The van der Waals surface area contributed by atoms with Crippen LogP contribution in [0.5, 0.6) is 0 Å². The predicted octanol–water partition coefficient (Wildman–Crippen LogP) is 9.40. The summed E-state index contributed by atoms with van der Waals surface area (Å²) >= 11 is 1.84. The minimum absolute atomic E-state index is 1.21. The van der Waals surface area contributed by atoms with Crippen molar-refractivity contribution in [1.82, 2.24) is 0 Å². The first-order chi connectivity index (χ1) is 17.0. The number of hydrogen-bond donors (Lipinski definition) is 0. The minimum atomic E-state index is -10.7. The number of rotatable bonds is 3. The van der Waals surface area contributed by atoms with Crippen molar-refractivity contribution in [3.05, 3.63) is 113 Å². The van der Waals surface area contributed by atoms with Crippen LogP contribution in [0, 0.1) is 0 Å². The molecule has 2 nitrogen and oxygen atoms in total. The van der Waals surface area contributed by atoms with Crippen molar-refractivity contribution in [2.24, 2.45) is 0 Å². The Morgan fingerprint density at radius 1 is 0.703 bits per heavy atom. The van der Waals surface area contributed by atoms with E-state index in [9.17, 15) is 25.2 Å². The van der Waals surface area contributed by atoms with E-state index in [1.165, 1.54) is 43.5 Å². The third-order valence-electron chi connectivity index (χ3n) is 5.24. The molecule has 1 heterocycles. The second-order valence-electron chi connectivity index (χ2n) is 8.78. The second-order valence-corrected chi connectivity index (χ2v) is 11.8. The Labute approximate surface area is 216 Å². The van der Waals surface area contributed by atoms with Crippen LogP contribution in [0.3, 0.4) is 0 Å². The Hall–Kier alpha value is -3.03. The topological polar surface area (TPSA) is 6.25 Å². The van der Waals surface area contributed by atoms with Gasteiger partial charge in [0.15, 0.2) is 5.71 Å². The van der Waals surface area contributed by atoms with Crippen LogP contribution >= 0.6 is 19.6 Å². The SMILES string of the molecule is CN(C)c1ccc(C2=CC(c3ccccc3)=CC(=C3C=CC(=[N+](C)C)C=C3)S2)cc1.F[P-](F)(F)(F)(F)F. The van der Waals surface area contributed by atoms with Gasteiger partial charge in [-0.15, -0.1) is 0 Å². The van der Waals surface area contributed by atoms with Crippen molar-refractivity contribution in [2.45, 2.75) is 0 Å². The van der Waals surface area contributed by atoms with E-state index in [1.807, 2.05) is 11.8 Å². The van der Waals surface area contributed by atoms with Gasteiger partial charge in [0.05, 0.1) is 0 Å². The van der Waals surface area contributed by atoms with E-state index in [0.717, 1.165) is 0 Å². The first kappa shape index (κ1) is 28.5. The normalized spacial score (nSPS) is 17.2. The van der Waals surface area contributed by atoms with Gasteiger partial charge in [-0.3, -0.25) is 0 Å². The molecule has 0 atom stereocenters. The first-order valence-electron chi connectivity index (χ1n) is 11.1. The van der Waals surface area contributed by atoms with Gasteiger partial charge < -0.3 is 4.90 Å². The van der Waals surface area contributed by atoms with Crippen LogP contribution < -0.4 is 4.90 Å². The maximum atomic E-state index is 9.87. The summed E-state index contributed by atoms with van der Waals surface area (Å²) in [7, 11) is -2.37. The van der Waals surface area contributed by atoms with Gasteiger partial charge in [-0.2, -0.15) is 0 Å². The Balaban J connectivity index is 0.000000479. The molecule has 0 saturated carbocycles. The molecule has 2 aromatic carbocycles. The number of anilines is 1. The zero-order valence-corrected chi connectivity index (χ0v) is 22.4. The van der Waals surface area contributed by atoms with Gasteiger partial charge in [-0.1, -0.05) is 54.2 Å². The summed E-state index contributed by atoms with van der Waals surface area (Å²) < 4.78 is 61.3. The van der Waals surface area contributed by atoms with Crippen LogP contribution in [0.25, 0.3) is 10.5 Å². The molecule has 0 radical (unpaired) electrons. The number of halogens is 6. The standard InChI is InChI=1S/C27H27N2S.F6P/c1-28(2)24-14-10-21(11-15-24)26-18-23(20-8-6-5-7-9-20)19-27(30-26)22-12-16-25(17-13-22)29(3)4;1-7(2,3,4,5)6/h5-19H,1-4H3;/q+1;-1. The van der Waals surface area contributed by atoms with E-state index in [1.54, 1.807) is 0 Å². The van der Waals surface area contributed by atoms with Crippen LogP contribution in [0.2, 0.25) is 0 Å². The molecule has 1 aliphatic carbocycles. The van der Waals surface area contributed by atoms with Crippen molar-refractivity contribution in [3.8, 4) is 0 Å². The summed E-state index contributed by atoms with van der Waals surface area (Å²) in [5.74, 6) is 0. The summed E-state index contributed by atoms with van der Waals surface area (Å²) in [5, 5.41) is 0. The fourth-order valence-electron chi connectivity index (χ4n) is 3.43. The Morgan fingerprint density at radius 3 is 1.73 bits per heavy atom. The summed E-state index contributed by atoms with van der Waals surface area (Å²) in [4.78, 5) is 4.67. The Bertz CT molecular complexity index is 1320. The molecular formula is C27H27F6N2PS. The molecule has 10 heteroatoms. The first-order valence-corrected chi connectivity index (χ1v) is 14.0. The van der Waals surface area contributed by atoms with E-state index in [-0.39, 0.29) is 0 Å². The molecule has 0 fully saturated rings. The van der Waals surface area contributed by atoms with Gasteiger partial charge in [0.25, 0.3) is 0 Å². The molecule has 0 spiro atoms. The monoisotopic (exact) mass is 556 g/mol. The Morgan fingerprint density at radius 2 is 1.24 bits per heavy atom. The number of thioether (sulfide) groups is 1. The molecule has 1 aliphatic heterocycles. The van der Waals surface area contributed by atoms with E-state index < -0.39 is 7.81 Å². The summed E-state index contributed by atoms with van der Waals surface area (Å²) in [6.07, 6.45) is 13.4. The van der Waals surface area contributed by atoms with Crippen molar-refractivity contribution < 1.29 is 29.8 Å². The predicted molar refractivity (Wildman–Crippen MR) is 147 cm³/mol. The molecule has 2 aliphatic rings. The summed E-state index contributed by atoms with van der Waals surface area (Å²) in [5.41, 5.74) is 7.39. The molecule has 0 saturated heterocycles. The Kier molecular flexibility index (Phi) is 7.73. The molecule has 4 rings (SSSR count). The van der Waals surface area contributed by atoms with Crippen molar-refractivity contribution in [3.63, 3.8) is 0 Å². The van der Waals surface area contributed by atoms with Crippen molar-refractivity contribution in [1.29, 1.82) is 0 Å². The fraction of sp³-hybridized carbons (Fsp3) is 0.148. The van der Waals surface area contributed by atoms with Crippen LogP contribution in [0.1, 0.15) is 11.1 Å². The van der Waals surface area contributed by atoms with Gasteiger partial charge in [-0.05, 0) is 58.7 Å². The average molecular weight is 557 g/mol. The van der Waals surface area contributed by atoms with Gasteiger partial charge in [-0.25, -0.2) is 4.58 Å². The van der Waals surface area contributed by atoms with E-state index in [2.05, 4.69) is 129 Å². The van der Waals surface area contributed by atoms with Gasteiger partial charge in [0.1, 0.15) is 14.1 Å². The number of benzene rings is 2. The van der Waals surface area contributed by atoms with Crippen LogP contribution in [0.15, 0.2) is 102 Å². The second kappa shape index (κ2) is 10.0. The van der Waals surface area contributed by atoms with Crippen LogP contribution in [-0.4, -0.2) is 38.5 Å². The molecule has 0 amide bonds. The molecular weight excluding hydrogens is 529 g/mol. The van der Waals surface area contributed by atoms with Crippen LogP contribution in [-0.2, 0) is 0 Å². The van der Waals surface area contributed by atoms with E-state index >= 15 is 0 Å². The molecule has 198 valence electrons. The molecule has 0 unspecified atom stereocenters. The number of allylic oxidation sites excluding steroid dienone is 8. The summed E-state index contributed by atoms with van der Waals surface area (Å²) in [6, 6.07) is 19.4. The molecule has 2 aromatic rings. The van der Waals surface area contributed by atoms with Crippen molar-refractivity contribution >= 4 is 41.4 Å². The number of nitrogens with zero attached hydrogens (tertiary/aromatic N) is 2. The van der Waals surface area contributed by atoms with Crippen molar-refractivity contribution in [2.75, 3.05) is 33.1 Å². The third-order valence-corrected chi connectivity index (χ3v) is 6.38. The van der Waals surface area contributed by atoms with E-state index in [4.69, 9.17) is 0 Å². The molecule has 37 heavy (non-hydrogen) atoms. The zero-order valence-electron chi connectivity index (χ0n) is 20.7. The van der Waals surface area contributed by atoms with Crippen LogP contribution in [0.4, 0.5) is 30.9 Å². The summed E-state index contributed by atoms with van der Waals surface area (Å²) in [6.45, 7) is 0. The third kappa shape index (κ3) is 9.74. The quantitative estimate of drug-likeness (QED) is 0.211. The fourth-order valence-corrected chi connectivity index (χ4v) is 4.55. The van der Waals surface area contributed by atoms with Gasteiger partial charge >= 0.3 is 33.0 Å². The average Bonchev–Trinajstić information content (AvgIpc) is 2.82.